The first-order valence-corrected chi connectivity index (χ1v) is 10.8. The van der Waals surface area contributed by atoms with Gasteiger partial charge < -0.3 is 14.8 Å². The Labute approximate surface area is 182 Å². The Morgan fingerprint density at radius 1 is 1.16 bits per heavy atom. The number of rotatable bonds is 7. The minimum absolute atomic E-state index is 0.0605. The first kappa shape index (κ1) is 23.0. The molecule has 2 aliphatic rings. The molecule has 9 heteroatoms. The lowest BCUT2D eigenvalue weighted by molar-refractivity contribution is -0.274. The molecule has 1 heterocycles. The molecular weight excluding hydrogens is 431 g/mol. The van der Waals surface area contributed by atoms with E-state index in [2.05, 4.69) is 10.1 Å². The number of amides is 1. The number of hydrogen-bond donors (Lipinski definition) is 1. The van der Waals surface area contributed by atoms with Crippen molar-refractivity contribution in [1.82, 2.24) is 5.32 Å². The highest BCUT2D eigenvalue weighted by Gasteiger charge is 2.31. The van der Waals surface area contributed by atoms with Gasteiger partial charge in [0.15, 0.2) is 0 Å². The highest BCUT2D eigenvalue weighted by Crippen LogP contribution is 2.36. The standard InChI is InChI=1S/C22H22F3NO4S/c1-2-29-21(28)16-5-3-14(4-6-16)12-26-20(27)19-11-17(13-31-19)15-7-9-18(10-8-15)30-22(23,24)25/h3,5,7-11,17H,2,4,6,12-13H2,1H3,(H,26,27). The number of alkyl halides is 3. The summed E-state index contributed by atoms with van der Waals surface area (Å²) in [6, 6.07) is 5.69. The van der Waals surface area contributed by atoms with Gasteiger partial charge in [-0.1, -0.05) is 35.9 Å². The number of halogens is 3. The van der Waals surface area contributed by atoms with E-state index in [9.17, 15) is 22.8 Å². The molecule has 3 rings (SSSR count). The van der Waals surface area contributed by atoms with E-state index in [1.54, 1.807) is 25.1 Å². The van der Waals surface area contributed by atoms with Crippen LogP contribution in [0.1, 0.15) is 31.2 Å². The van der Waals surface area contributed by atoms with E-state index in [-0.39, 0.29) is 23.5 Å². The van der Waals surface area contributed by atoms with E-state index in [0.29, 0.717) is 42.2 Å². The molecule has 1 atom stereocenters. The van der Waals surface area contributed by atoms with Gasteiger partial charge in [0.05, 0.1) is 11.5 Å². The predicted molar refractivity (Wildman–Crippen MR) is 111 cm³/mol. The number of thioether (sulfide) groups is 1. The summed E-state index contributed by atoms with van der Waals surface area (Å²) in [6.07, 6.45) is 1.92. The number of nitrogens with one attached hydrogen (secondary N) is 1. The van der Waals surface area contributed by atoms with Crippen molar-refractivity contribution in [2.45, 2.75) is 32.0 Å². The van der Waals surface area contributed by atoms with Crippen molar-refractivity contribution >= 4 is 23.6 Å². The molecule has 1 aliphatic carbocycles. The van der Waals surface area contributed by atoms with Gasteiger partial charge in [-0.2, -0.15) is 0 Å². The molecule has 0 saturated carbocycles. The summed E-state index contributed by atoms with van der Waals surface area (Å²) in [5.41, 5.74) is 2.46. The normalized spacial score (nSPS) is 18.6. The zero-order valence-electron chi connectivity index (χ0n) is 16.8. The van der Waals surface area contributed by atoms with Crippen LogP contribution < -0.4 is 10.1 Å². The second-order valence-electron chi connectivity index (χ2n) is 6.99. The van der Waals surface area contributed by atoms with Crippen molar-refractivity contribution < 1.29 is 32.2 Å². The lowest BCUT2D eigenvalue weighted by Gasteiger charge is -2.14. The van der Waals surface area contributed by atoms with Gasteiger partial charge in [0.1, 0.15) is 5.75 Å². The summed E-state index contributed by atoms with van der Waals surface area (Å²) in [5.74, 6) is -0.195. The topological polar surface area (TPSA) is 64.6 Å². The maximum Gasteiger partial charge on any atom is 0.573 e. The molecule has 1 unspecified atom stereocenters. The Hall–Kier alpha value is -2.68. The largest absolute Gasteiger partial charge is 0.573 e. The molecule has 166 valence electrons. The van der Waals surface area contributed by atoms with Crippen molar-refractivity contribution in [3.05, 3.63) is 64.1 Å². The van der Waals surface area contributed by atoms with Crippen molar-refractivity contribution in [3.8, 4) is 5.75 Å². The molecule has 1 N–H and O–H groups in total. The third-order valence-electron chi connectivity index (χ3n) is 4.79. The monoisotopic (exact) mass is 453 g/mol. The Balaban J connectivity index is 1.53. The van der Waals surface area contributed by atoms with E-state index in [4.69, 9.17) is 4.74 Å². The van der Waals surface area contributed by atoms with Crippen LogP contribution in [0.15, 0.2) is 58.5 Å². The Bertz CT molecular complexity index is 920. The second kappa shape index (κ2) is 10.1. The van der Waals surface area contributed by atoms with Crippen molar-refractivity contribution in [2.75, 3.05) is 18.9 Å². The lowest BCUT2D eigenvalue weighted by Crippen LogP contribution is -2.26. The highest BCUT2D eigenvalue weighted by atomic mass is 32.2. The summed E-state index contributed by atoms with van der Waals surface area (Å²) in [5, 5.41) is 2.88. The van der Waals surface area contributed by atoms with Gasteiger partial charge in [-0.15, -0.1) is 24.9 Å². The Kier molecular flexibility index (Phi) is 7.48. The summed E-state index contributed by atoms with van der Waals surface area (Å²) >= 11 is 1.41. The summed E-state index contributed by atoms with van der Waals surface area (Å²) in [6.45, 7) is 2.48. The van der Waals surface area contributed by atoms with Gasteiger partial charge in [0.25, 0.3) is 5.91 Å². The first-order chi connectivity index (χ1) is 14.7. The van der Waals surface area contributed by atoms with Crippen LogP contribution in [0.4, 0.5) is 13.2 Å². The third kappa shape index (κ3) is 6.65. The number of hydrogen-bond acceptors (Lipinski definition) is 5. The lowest BCUT2D eigenvalue weighted by atomic mass is 9.98. The van der Waals surface area contributed by atoms with Crippen LogP contribution in [0.3, 0.4) is 0 Å². The van der Waals surface area contributed by atoms with Gasteiger partial charge >= 0.3 is 12.3 Å². The minimum Gasteiger partial charge on any atom is -0.463 e. The Morgan fingerprint density at radius 2 is 1.90 bits per heavy atom. The molecule has 0 saturated heterocycles. The molecule has 5 nitrogen and oxygen atoms in total. The molecule has 0 bridgehead atoms. The third-order valence-corrected chi connectivity index (χ3v) is 5.94. The van der Waals surface area contributed by atoms with Crippen LogP contribution in [0.25, 0.3) is 0 Å². The predicted octanol–water partition coefficient (Wildman–Crippen LogP) is 4.63. The highest BCUT2D eigenvalue weighted by molar-refractivity contribution is 8.04. The van der Waals surface area contributed by atoms with E-state index in [0.717, 1.165) is 11.1 Å². The van der Waals surface area contributed by atoms with Gasteiger partial charge in [0.2, 0.25) is 0 Å². The molecule has 0 aromatic heterocycles. The fourth-order valence-corrected chi connectivity index (χ4v) is 4.32. The number of carbonyl (C=O) groups excluding carboxylic acids is 2. The molecular formula is C22H22F3NO4S. The number of esters is 1. The number of benzene rings is 1. The fraction of sp³-hybridized carbons (Fsp3) is 0.364. The molecule has 0 spiro atoms. The van der Waals surface area contributed by atoms with Gasteiger partial charge in [-0.25, -0.2) is 4.79 Å². The maximum atomic E-state index is 12.5. The van der Waals surface area contributed by atoms with Crippen molar-refractivity contribution in [2.24, 2.45) is 0 Å². The summed E-state index contributed by atoms with van der Waals surface area (Å²) < 4.78 is 45.7. The summed E-state index contributed by atoms with van der Waals surface area (Å²) in [4.78, 5) is 24.8. The van der Waals surface area contributed by atoms with Crippen LogP contribution in [-0.4, -0.2) is 37.1 Å². The van der Waals surface area contributed by atoms with Crippen LogP contribution in [0.2, 0.25) is 0 Å². The number of allylic oxidation sites excluding steroid dienone is 3. The molecule has 0 radical (unpaired) electrons. The summed E-state index contributed by atoms with van der Waals surface area (Å²) in [7, 11) is 0. The maximum absolute atomic E-state index is 12.5. The average Bonchev–Trinajstić information content (AvgIpc) is 3.22. The molecule has 1 amide bonds. The molecule has 1 aromatic carbocycles. The van der Waals surface area contributed by atoms with E-state index >= 15 is 0 Å². The molecule has 1 aliphatic heterocycles. The molecule has 0 fully saturated rings. The number of ether oxygens (including phenoxy) is 2. The van der Waals surface area contributed by atoms with Gasteiger partial charge in [-0.3, -0.25) is 4.79 Å². The van der Waals surface area contributed by atoms with Crippen LogP contribution in [-0.2, 0) is 14.3 Å². The fourth-order valence-electron chi connectivity index (χ4n) is 3.21. The van der Waals surface area contributed by atoms with Crippen LogP contribution in [0, 0.1) is 0 Å². The zero-order valence-corrected chi connectivity index (χ0v) is 17.6. The van der Waals surface area contributed by atoms with E-state index < -0.39 is 6.36 Å². The van der Waals surface area contributed by atoms with Gasteiger partial charge in [-0.05, 0) is 37.5 Å². The van der Waals surface area contributed by atoms with Crippen molar-refractivity contribution in [1.29, 1.82) is 0 Å². The second-order valence-corrected chi connectivity index (χ2v) is 8.05. The first-order valence-electron chi connectivity index (χ1n) is 9.79. The average molecular weight is 453 g/mol. The minimum atomic E-state index is -4.72. The SMILES string of the molecule is CCOC(=O)C1=CC=C(CNC(=O)C2=CC(c3ccc(OC(F)(F)F)cc3)CS2)CC1. The van der Waals surface area contributed by atoms with Crippen molar-refractivity contribution in [3.63, 3.8) is 0 Å². The van der Waals surface area contributed by atoms with Gasteiger partial charge in [0, 0.05) is 23.8 Å². The van der Waals surface area contributed by atoms with Crippen LogP contribution in [0.5, 0.6) is 5.75 Å². The number of carbonyl (C=O) groups is 2. The van der Waals surface area contributed by atoms with Crippen LogP contribution >= 0.6 is 11.8 Å². The Morgan fingerprint density at radius 3 is 2.52 bits per heavy atom. The molecule has 31 heavy (non-hydrogen) atoms. The van der Waals surface area contributed by atoms with E-state index in [1.807, 2.05) is 12.2 Å². The van der Waals surface area contributed by atoms with E-state index in [1.165, 1.54) is 23.9 Å². The molecule has 1 aromatic rings. The smallest absolute Gasteiger partial charge is 0.463 e. The zero-order chi connectivity index (χ0) is 22.4. The quantitative estimate of drug-likeness (QED) is 0.610.